The van der Waals surface area contributed by atoms with Crippen molar-refractivity contribution in [2.45, 2.75) is 31.5 Å². The molecular weight excluding hydrogens is 316 g/mol. The van der Waals surface area contributed by atoms with Crippen LogP contribution in [0.1, 0.15) is 20.3 Å². The number of benzene rings is 1. The van der Waals surface area contributed by atoms with Gasteiger partial charge in [-0.2, -0.15) is 0 Å². The monoisotopic (exact) mass is 336 g/mol. The maximum Gasteiger partial charge on any atom is 0.328 e. The number of hydrogen-bond acceptors (Lipinski definition) is 6. The molecule has 1 heterocycles. The Morgan fingerprint density at radius 3 is 2.74 bits per heavy atom. The van der Waals surface area contributed by atoms with Gasteiger partial charge in [0.1, 0.15) is 11.6 Å². The number of thioether (sulfide) groups is 1. The SMILES string of the molecule is COC(=O)C(CC(C)C)NC(=O)CSc1nc2ccccc2o1. The number of methoxy groups -OCH3 is 1. The van der Waals surface area contributed by atoms with Gasteiger partial charge in [0.15, 0.2) is 5.58 Å². The highest BCUT2D eigenvalue weighted by Gasteiger charge is 2.22. The number of nitrogens with one attached hydrogen (secondary N) is 1. The minimum atomic E-state index is -0.628. The zero-order valence-electron chi connectivity index (χ0n) is 13.4. The average Bonchev–Trinajstić information content (AvgIpc) is 2.94. The first-order valence-electron chi connectivity index (χ1n) is 7.35. The lowest BCUT2D eigenvalue weighted by molar-refractivity contribution is -0.145. The second kappa shape index (κ2) is 8.01. The molecule has 0 aliphatic carbocycles. The Balaban J connectivity index is 1.91. The summed E-state index contributed by atoms with van der Waals surface area (Å²) in [5.74, 6) is -0.297. The number of carbonyl (C=O) groups is 2. The molecule has 6 nitrogen and oxygen atoms in total. The predicted octanol–water partition coefficient (Wildman–Crippen LogP) is 2.62. The van der Waals surface area contributed by atoms with Crippen molar-refractivity contribution in [3.8, 4) is 0 Å². The normalized spacial score (nSPS) is 12.3. The van der Waals surface area contributed by atoms with Crippen molar-refractivity contribution < 1.29 is 18.7 Å². The predicted molar refractivity (Wildman–Crippen MR) is 88.1 cm³/mol. The van der Waals surface area contributed by atoms with Crippen LogP contribution in [0.4, 0.5) is 0 Å². The minimum absolute atomic E-state index is 0.123. The standard InChI is InChI=1S/C16H20N2O4S/c1-10(2)8-12(15(20)21-3)17-14(19)9-23-16-18-11-6-4-5-7-13(11)22-16/h4-7,10,12H,8-9H2,1-3H3,(H,17,19). The number of fused-ring (bicyclic) bond motifs is 1. The number of rotatable bonds is 7. The van der Waals surface area contributed by atoms with Crippen molar-refractivity contribution in [2.75, 3.05) is 12.9 Å². The van der Waals surface area contributed by atoms with E-state index in [-0.39, 0.29) is 17.6 Å². The van der Waals surface area contributed by atoms with E-state index in [0.29, 0.717) is 17.2 Å². The van der Waals surface area contributed by atoms with Gasteiger partial charge in [0.2, 0.25) is 5.91 Å². The summed E-state index contributed by atoms with van der Waals surface area (Å²) in [7, 11) is 1.31. The van der Waals surface area contributed by atoms with Crippen molar-refractivity contribution in [1.29, 1.82) is 0 Å². The van der Waals surface area contributed by atoms with Crippen molar-refractivity contribution in [3.63, 3.8) is 0 Å². The van der Waals surface area contributed by atoms with Gasteiger partial charge in [0.05, 0.1) is 12.9 Å². The lowest BCUT2D eigenvalue weighted by atomic mass is 10.0. The zero-order valence-corrected chi connectivity index (χ0v) is 14.2. The lowest BCUT2D eigenvalue weighted by Crippen LogP contribution is -2.43. The largest absolute Gasteiger partial charge is 0.467 e. The first-order valence-corrected chi connectivity index (χ1v) is 8.33. The summed E-state index contributed by atoms with van der Waals surface area (Å²) in [6.45, 7) is 3.96. The number of carbonyl (C=O) groups excluding carboxylic acids is 2. The summed E-state index contributed by atoms with van der Waals surface area (Å²) >= 11 is 1.19. The van der Waals surface area contributed by atoms with Crippen LogP contribution in [0.3, 0.4) is 0 Å². The smallest absolute Gasteiger partial charge is 0.328 e. The average molecular weight is 336 g/mol. The third-order valence-corrected chi connectivity index (χ3v) is 3.96. The maximum absolute atomic E-state index is 12.0. The number of amides is 1. The van der Waals surface area contributed by atoms with Crippen LogP contribution >= 0.6 is 11.8 Å². The molecule has 124 valence electrons. The molecule has 0 saturated heterocycles. The molecule has 7 heteroatoms. The molecule has 0 saturated carbocycles. The van der Waals surface area contributed by atoms with Gasteiger partial charge in [-0.3, -0.25) is 4.79 Å². The summed E-state index contributed by atoms with van der Waals surface area (Å²) < 4.78 is 10.3. The molecule has 2 aromatic rings. The molecule has 0 fully saturated rings. The van der Waals surface area contributed by atoms with E-state index in [4.69, 9.17) is 9.15 Å². The highest BCUT2D eigenvalue weighted by Crippen LogP contribution is 2.22. The molecule has 0 radical (unpaired) electrons. The van der Waals surface area contributed by atoms with Crippen LogP contribution in [0, 0.1) is 5.92 Å². The Bertz CT molecular complexity index is 651. The fourth-order valence-electron chi connectivity index (χ4n) is 2.10. The van der Waals surface area contributed by atoms with Gasteiger partial charge in [-0.15, -0.1) is 0 Å². The molecule has 2 rings (SSSR count). The van der Waals surface area contributed by atoms with Crippen LogP contribution in [0.15, 0.2) is 33.9 Å². The third kappa shape index (κ3) is 4.99. The number of ether oxygens (including phenoxy) is 1. The molecule has 0 aliphatic rings. The molecule has 1 N–H and O–H groups in total. The van der Waals surface area contributed by atoms with Crippen LogP contribution in [-0.2, 0) is 14.3 Å². The number of esters is 1. The van der Waals surface area contributed by atoms with Crippen LogP contribution in [0.2, 0.25) is 0 Å². The van der Waals surface area contributed by atoms with Gasteiger partial charge >= 0.3 is 5.97 Å². The number of oxazole rings is 1. The Morgan fingerprint density at radius 1 is 1.35 bits per heavy atom. The van der Waals surface area contributed by atoms with Gasteiger partial charge in [0.25, 0.3) is 5.22 Å². The molecular formula is C16H20N2O4S. The molecule has 0 spiro atoms. The Labute approximate surface area is 139 Å². The molecule has 0 aliphatic heterocycles. The minimum Gasteiger partial charge on any atom is -0.467 e. The number of hydrogen-bond donors (Lipinski definition) is 1. The van der Waals surface area contributed by atoms with E-state index in [1.54, 1.807) is 0 Å². The summed E-state index contributed by atoms with van der Waals surface area (Å²) in [6, 6.07) is 6.78. The quantitative estimate of drug-likeness (QED) is 0.618. The van der Waals surface area contributed by atoms with E-state index in [1.807, 2.05) is 38.1 Å². The second-order valence-corrected chi connectivity index (χ2v) is 6.44. The lowest BCUT2D eigenvalue weighted by Gasteiger charge is -2.17. The fraction of sp³-hybridized carbons (Fsp3) is 0.438. The summed E-state index contributed by atoms with van der Waals surface area (Å²) in [5.41, 5.74) is 1.44. The van der Waals surface area contributed by atoms with E-state index in [9.17, 15) is 9.59 Å². The number of nitrogens with zero attached hydrogens (tertiary/aromatic N) is 1. The Morgan fingerprint density at radius 2 is 2.09 bits per heavy atom. The van der Waals surface area contributed by atoms with Crippen LogP contribution < -0.4 is 5.32 Å². The van der Waals surface area contributed by atoms with Crippen molar-refractivity contribution in [2.24, 2.45) is 5.92 Å². The van der Waals surface area contributed by atoms with Crippen molar-refractivity contribution >= 4 is 34.7 Å². The topological polar surface area (TPSA) is 81.4 Å². The van der Waals surface area contributed by atoms with Gasteiger partial charge in [0, 0.05) is 0 Å². The van der Waals surface area contributed by atoms with E-state index in [2.05, 4.69) is 10.3 Å². The summed E-state index contributed by atoms with van der Waals surface area (Å²) in [4.78, 5) is 28.0. The molecule has 1 aromatic heterocycles. The Kier molecular flexibility index (Phi) is 6.04. The summed E-state index contributed by atoms with van der Waals surface area (Å²) in [5, 5.41) is 3.13. The van der Waals surface area contributed by atoms with Crippen LogP contribution in [0.25, 0.3) is 11.1 Å². The molecule has 1 aromatic carbocycles. The van der Waals surface area contributed by atoms with Gasteiger partial charge in [-0.1, -0.05) is 37.7 Å². The molecule has 1 atom stereocenters. The number of aromatic nitrogens is 1. The first-order chi connectivity index (χ1) is 11.0. The highest BCUT2D eigenvalue weighted by atomic mass is 32.2. The fourth-order valence-corrected chi connectivity index (χ4v) is 2.75. The van der Waals surface area contributed by atoms with Gasteiger partial charge in [-0.05, 0) is 24.5 Å². The maximum atomic E-state index is 12.0. The third-order valence-electron chi connectivity index (χ3n) is 3.13. The van der Waals surface area contributed by atoms with Crippen molar-refractivity contribution in [1.82, 2.24) is 10.3 Å². The van der Waals surface area contributed by atoms with Gasteiger partial charge < -0.3 is 14.5 Å². The van der Waals surface area contributed by atoms with Crippen LogP contribution in [-0.4, -0.2) is 35.8 Å². The Hall–Kier alpha value is -2.02. The van der Waals surface area contributed by atoms with E-state index < -0.39 is 12.0 Å². The molecule has 1 unspecified atom stereocenters. The van der Waals surface area contributed by atoms with E-state index in [1.165, 1.54) is 18.9 Å². The second-order valence-electron chi connectivity index (χ2n) is 5.51. The van der Waals surface area contributed by atoms with Crippen molar-refractivity contribution in [3.05, 3.63) is 24.3 Å². The molecule has 0 bridgehead atoms. The highest BCUT2D eigenvalue weighted by molar-refractivity contribution is 7.99. The van der Waals surface area contributed by atoms with Gasteiger partial charge in [-0.25, -0.2) is 9.78 Å². The number of para-hydroxylation sites is 2. The first kappa shape index (κ1) is 17.3. The van der Waals surface area contributed by atoms with Crippen LogP contribution in [0.5, 0.6) is 0 Å². The molecule has 23 heavy (non-hydrogen) atoms. The van der Waals surface area contributed by atoms with E-state index in [0.717, 1.165) is 5.52 Å². The zero-order chi connectivity index (χ0) is 16.8. The summed E-state index contributed by atoms with van der Waals surface area (Å²) in [6.07, 6.45) is 0.534. The van der Waals surface area contributed by atoms with E-state index >= 15 is 0 Å². The molecule has 1 amide bonds.